The lowest BCUT2D eigenvalue weighted by Gasteiger charge is -2.17. The highest BCUT2D eigenvalue weighted by molar-refractivity contribution is 5.97. The molecule has 1 heterocycles. The molecule has 1 N–H and O–H groups in total. The fourth-order valence-electron chi connectivity index (χ4n) is 3.05. The highest BCUT2D eigenvalue weighted by Crippen LogP contribution is 2.25. The van der Waals surface area contributed by atoms with Gasteiger partial charge in [0, 0.05) is 36.7 Å². The Morgan fingerprint density at radius 2 is 1.83 bits per heavy atom. The normalized spacial score (nSPS) is 17.2. The van der Waals surface area contributed by atoms with Crippen LogP contribution < -0.4 is 10.2 Å². The van der Waals surface area contributed by atoms with Gasteiger partial charge in [-0.15, -0.1) is 0 Å². The first kappa shape index (κ1) is 16.2. The summed E-state index contributed by atoms with van der Waals surface area (Å²) in [6.45, 7) is 5.11. The fourth-order valence-corrected chi connectivity index (χ4v) is 3.05. The SMILES string of the molecule is Cc1ccc(N2CC(CNC(=O)c3ccccc3C)CC2=O)cc1. The highest BCUT2D eigenvalue weighted by Gasteiger charge is 2.30. The summed E-state index contributed by atoms with van der Waals surface area (Å²) in [6.07, 6.45) is 0.474. The van der Waals surface area contributed by atoms with Crippen molar-refractivity contribution in [3.05, 3.63) is 65.2 Å². The van der Waals surface area contributed by atoms with Crippen LogP contribution in [0.2, 0.25) is 0 Å². The second-order valence-corrected chi connectivity index (χ2v) is 6.43. The van der Waals surface area contributed by atoms with Gasteiger partial charge in [-0.1, -0.05) is 35.9 Å². The third-order valence-corrected chi connectivity index (χ3v) is 4.49. The van der Waals surface area contributed by atoms with E-state index in [1.165, 1.54) is 5.56 Å². The standard InChI is InChI=1S/C20H22N2O2/c1-14-7-9-17(10-8-14)22-13-16(11-19(22)23)12-21-20(24)18-6-4-3-5-15(18)2/h3-10,16H,11-13H2,1-2H3,(H,21,24). The van der Waals surface area contributed by atoms with Gasteiger partial charge in [0.15, 0.2) is 0 Å². The Morgan fingerprint density at radius 1 is 1.12 bits per heavy atom. The molecular weight excluding hydrogens is 300 g/mol. The largest absolute Gasteiger partial charge is 0.352 e. The van der Waals surface area contributed by atoms with Crippen molar-refractivity contribution in [1.29, 1.82) is 0 Å². The van der Waals surface area contributed by atoms with Gasteiger partial charge in [0.05, 0.1) is 0 Å². The number of aryl methyl sites for hydroxylation is 2. The molecule has 1 saturated heterocycles. The number of nitrogens with one attached hydrogen (secondary N) is 1. The van der Waals surface area contributed by atoms with E-state index in [1.54, 1.807) is 0 Å². The van der Waals surface area contributed by atoms with Crippen molar-refractivity contribution < 1.29 is 9.59 Å². The molecule has 1 atom stereocenters. The molecule has 0 radical (unpaired) electrons. The zero-order chi connectivity index (χ0) is 17.1. The van der Waals surface area contributed by atoms with Crippen LogP contribution in [0, 0.1) is 19.8 Å². The number of benzene rings is 2. The van der Waals surface area contributed by atoms with Crippen molar-refractivity contribution in [2.24, 2.45) is 5.92 Å². The van der Waals surface area contributed by atoms with Crippen molar-refractivity contribution in [2.45, 2.75) is 20.3 Å². The molecule has 124 valence electrons. The van der Waals surface area contributed by atoms with E-state index < -0.39 is 0 Å². The molecule has 24 heavy (non-hydrogen) atoms. The Morgan fingerprint density at radius 3 is 2.54 bits per heavy atom. The number of amides is 2. The Labute approximate surface area is 142 Å². The van der Waals surface area contributed by atoms with E-state index >= 15 is 0 Å². The van der Waals surface area contributed by atoms with Gasteiger partial charge in [-0.25, -0.2) is 0 Å². The van der Waals surface area contributed by atoms with Crippen LogP contribution in [0.3, 0.4) is 0 Å². The summed E-state index contributed by atoms with van der Waals surface area (Å²) in [5, 5.41) is 2.97. The van der Waals surface area contributed by atoms with Crippen LogP contribution in [-0.4, -0.2) is 24.9 Å². The van der Waals surface area contributed by atoms with Crippen molar-refractivity contribution in [3.63, 3.8) is 0 Å². The molecule has 0 aliphatic carbocycles. The minimum Gasteiger partial charge on any atom is -0.352 e. The zero-order valence-electron chi connectivity index (χ0n) is 14.1. The lowest BCUT2D eigenvalue weighted by Crippen LogP contribution is -2.31. The first-order valence-corrected chi connectivity index (χ1v) is 8.25. The molecule has 0 spiro atoms. The van der Waals surface area contributed by atoms with E-state index in [0.29, 0.717) is 25.1 Å². The average molecular weight is 322 g/mol. The van der Waals surface area contributed by atoms with Gasteiger partial charge in [-0.2, -0.15) is 0 Å². The summed E-state index contributed by atoms with van der Waals surface area (Å²) >= 11 is 0. The van der Waals surface area contributed by atoms with Gasteiger partial charge in [0.1, 0.15) is 0 Å². The van der Waals surface area contributed by atoms with Crippen LogP contribution in [0.4, 0.5) is 5.69 Å². The maximum Gasteiger partial charge on any atom is 0.251 e. The monoisotopic (exact) mass is 322 g/mol. The second kappa shape index (κ2) is 6.87. The van der Waals surface area contributed by atoms with Crippen molar-refractivity contribution in [1.82, 2.24) is 5.32 Å². The number of hydrogen-bond donors (Lipinski definition) is 1. The van der Waals surface area contributed by atoms with Crippen LogP contribution in [0.1, 0.15) is 27.9 Å². The molecule has 3 rings (SSSR count). The molecule has 1 aliphatic heterocycles. The Hall–Kier alpha value is -2.62. The molecule has 2 aromatic rings. The molecule has 1 aliphatic rings. The smallest absolute Gasteiger partial charge is 0.251 e. The molecule has 0 bridgehead atoms. The number of carbonyl (C=O) groups excluding carboxylic acids is 2. The van der Waals surface area contributed by atoms with Gasteiger partial charge < -0.3 is 10.2 Å². The third kappa shape index (κ3) is 3.48. The Bertz CT molecular complexity index is 752. The maximum absolute atomic E-state index is 12.3. The molecule has 4 nitrogen and oxygen atoms in total. The molecule has 2 aromatic carbocycles. The van der Waals surface area contributed by atoms with Crippen LogP contribution in [0.15, 0.2) is 48.5 Å². The molecule has 4 heteroatoms. The molecular formula is C20H22N2O2. The second-order valence-electron chi connectivity index (χ2n) is 6.43. The summed E-state index contributed by atoms with van der Waals surface area (Å²) in [6, 6.07) is 15.5. The Kier molecular flexibility index (Phi) is 4.65. The molecule has 1 unspecified atom stereocenters. The minimum absolute atomic E-state index is 0.0747. The molecule has 2 amide bonds. The van der Waals surface area contributed by atoms with E-state index in [4.69, 9.17) is 0 Å². The van der Waals surface area contributed by atoms with Crippen molar-refractivity contribution in [2.75, 3.05) is 18.0 Å². The summed E-state index contributed by atoms with van der Waals surface area (Å²) in [7, 11) is 0. The van der Waals surface area contributed by atoms with Gasteiger partial charge in [-0.05, 0) is 37.6 Å². The molecule has 0 aromatic heterocycles. The summed E-state index contributed by atoms with van der Waals surface area (Å²) in [5.74, 6) is 0.190. The van der Waals surface area contributed by atoms with Crippen LogP contribution in [0.5, 0.6) is 0 Å². The van der Waals surface area contributed by atoms with Crippen LogP contribution in [-0.2, 0) is 4.79 Å². The summed E-state index contributed by atoms with van der Waals surface area (Å²) < 4.78 is 0. The van der Waals surface area contributed by atoms with Crippen molar-refractivity contribution >= 4 is 17.5 Å². The predicted octanol–water partition coefficient (Wildman–Crippen LogP) is 3.09. The molecule has 1 fully saturated rings. The van der Waals surface area contributed by atoms with Gasteiger partial charge >= 0.3 is 0 Å². The van der Waals surface area contributed by atoms with E-state index in [-0.39, 0.29) is 17.7 Å². The number of rotatable bonds is 4. The van der Waals surface area contributed by atoms with Gasteiger partial charge in [0.25, 0.3) is 5.91 Å². The van der Waals surface area contributed by atoms with Crippen molar-refractivity contribution in [3.8, 4) is 0 Å². The first-order valence-electron chi connectivity index (χ1n) is 8.25. The number of hydrogen-bond acceptors (Lipinski definition) is 2. The van der Waals surface area contributed by atoms with E-state index in [0.717, 1.165) is 11.3 Å². The lowest BCUT2D eigenvalue weighted by molar-refractivity contribution is -0.117. The Balaban J connectivity index is 1.59. The lowest BCUT2D eigenvalue weighted by atomic mass is 10.1. The van der Waals surface area contributed by atoms with E-state index in [2.05, 4.69) is 5.32 Å². The predicted molar refractivity (Wildman–Crippen MR) is 95.2 cm³/mol. The van der Waals surface area contributed by atoms with Gasteiger partial charge in [0.2, 0.25) is 5.91 Å². The van der Waals surface area contributed by atoms with Gasteiger partial charge in [-0.3, -0.25) is 9.59 Å². The number of carbonyl (C=O) groups is 2. The van der Waals surface area contributed by atoms with Crippen LogP contribution in [0.25, 0.3) is 0 Å². The quantitative estimate of drug-likeness (QED) is 0.940. The molecule has 0 saturated carbocycles. The first-order chi connectivity index (χ1) is 11.5. The summed E-state index contributed by atoms with van der Waals surface area (Å²) in [5.41, 5.74) is 3.75. The maximum atomic E-state index is 12.3. The number of anilines is 1. The zero-order valence-corrected chi connectivity index (χ0v) is 14.1. The van der Waals surface area contributed by atoms with E-state index in [1.807, 2.05) is 67.3 Å². The number of nitrogens with zero attached hydrogens (tertiary/aromatic N) is 1. The topological polar surface area (TPSA) is 49.4 Å². The fraction of sp³-hybridized carbons (Fsp3) is 0.300. The third-order valence-electron chi connectivity index (χ3n) is 4.49. The highest BCUT2D eigenvalue weighted by atomic mass is 16.2. The van der Waals surface area contributed by atoms with E-state index in [9.17, 15) is 9.59 Å². The summed E-state index contributed by atoms with van der Waals surface area (Å²) in [4.78, 5) is 26.3. The van der Waals surface area contributed by atoms with Crippen LogP contribution >= 0.6 is 0 Å². The average Bonchev–Trinajstić information content (AvgIpc) is 2.95. The minimum atomic E-state index is -0.0747.